The zero-order chi connectivity index (χ0) is 11.0. The zero-order valence-electron chi connectivity index (χ0n) is 9.52. The Labute approximate surface area is 92.5 Å². The van der Waals surface area contributed by atoms with Gasteiger partial charge >= 0.3 is 0 Å². The molecule has 1 aromatic carbocycles. The van der Waals surface area contributed by atoms with E-state index in [1.165, 1.54) is 11.1 Å². The Kier molecular flexibility index (Phi) is 7.54. The Morgan fingerprint density at radius 3 is 2.43 bits per heavy atom. The van der Waals surface area contributed by atoms with Crippen LogP contribution in [0.15, 0.2) is 18.2 Å². The van der Waals surface area contributed by atoms with E-state index in [9.17, 15) is 0 Å². The van der Waals surface area contributed by atoms with E-state index in [1.807, 2.05) is 33.9 Å². The summed E-state index contributed by atoms with van der Waals surface area (Å²) in [5.41, 5.74) is 2.44. The molecule has 0 radical (unpaired) electrons. The summed E-state index contributed by atoms with van der Waals surface area (Å²) < 4.78 is 0. The molecule has 0 fully saturated rings. The fourth-order valence-electron chi connectivity index (χ4n) is 1.11. The number of benzene rings is 1. The van der Waals surface area contributed by atoms with Crippen molar-refractivity contribution in [3.63, 3.8) is 0 Å². The number of likely N-dealkylation sites (N-methyl/N-ethyl adjacent to an activating group) is 1. The first kappa shape index (κ1) is 13.5. The summed E-state index contributed by atoms with van der Waals surface area (Å²) >= 11 is 6.04. The van der Waals surface area contributed by atoms with Gasteiger partial charge in [-0.05, 0) is 44.1 Å². The molecule has 0 spiro atoms. The molecule has 1 N–H and O–H groups in total. The molecule has 0 saturated heterocycles. The van der Waals surface area contributed by atoms with Crippen LogP contribution >= 0.6 is 11.6 Å². The monoisotopic (exact) mass is 213 g/mol. The standard InChI is InChI=1S/C10H14ClN.C2H6/c1-8-3-4-9(5-6-12-2)10(11)7-8;1-2/h3-4,7,12H,5-6H2,1-2H3;1-2H3. The summed E-state index contributed by atoms with van der Waals surface area (Å²) in [7, 11) is 1.95. The minimum absolute atomic E-state index is 0.880. The molecular weight excluding hydrogens is 194 g/mol. The summed E-state index contributed by atoms with van der Waals surface area (Å²) in [5.74, 6) is 0. The fraction of sp³-hybridized carbons (Fsp3) is 0.500. The number of hydrogen-bond acceptors (Lipinski definition) is 1. The van der Waals surface area contributed by atoms with Crippen molar-refractivity contribution in [2.24, 2.45) is 0 Å². The summed E-state index contributed by atoms with van der Waals surface area (Å²) in [6.45, 7) is 7.02. The second-order valence-corrected chi connectivity index (χ2v) is 3.36. The molecule has 0 saturated carbocycles. The molecule has 2 heteroatoms. The maximum atomic E-state index is 6.04. The molecule has 14 heavy (non-hydrogen) atoms. The SMILES string of the molecule is CC.CNCCc1ccc(C)cc1Cl. The maximum absolute atomic E-state index is 6.04. The number of hydrogen-bond donors (Lipinski definition) is 1. The van der Waals surface area contributed by atoms with E-state index in [1.54, 1.807) is 0 Å². The highest BCUT2D eigenvalue weighted by Crippen LogP contribution is 2.17. The molecule has 1 nitrogen and oxygen atoms in total. The van der Waals surface area contributed by atoms with Crippen molar-refractivity contribution >= 4 is 11.6 Å². The van der Waals surface area contributed by atoms with Crippen LogP contribution in [0.5, 0.6) is 0 Å². The van der Waals surface area contributed by atoms with Gasteiger partial charge in [-0.1, -0.05) is 37.6 Å². The molecule has 0 atom stereocenters. The molecule has 0 aromatic heterocycles. The Bertz CT molecular complexity index is 258. The van der Waals surface area contributed by atoms with E-state index < -0.39 is 0 Å². The van der Waals surface area contributed by atoms with Crippen LogP contribution in [0.2, 0.25) is 5.02 Å². The summed E-state index contributed by atoms with van der Waals surface area (Å²) in [4.78, 5) is 0. The van der Waals surface area contributed by atoms with Crippen LogP contribution in [0.3, 0.4) is 0 Å². The number of nitrogens with one attached hydrogen (secondary N) is 1. The average Bonchev–Trinajstić information content (AvgIpc) is 2.20. The molecular formula is C12H20ClN. The molecule has 1 aromatic rings. The van der Waals surface area contributed by atoms with Crippen molar-refractivity contribution in [3.05, 3.63) is 34.3 Å². The highest BCUT2D eigenvalue weighted by molar-refractivity contribution is 6.31. The van der Waals surface area contributed by atoms with Crippen LogP contribution in [0.4, 0.5) is 0 Å². The van der Waals surface area contributed by atoms with Gasteiger partial charge in [-0.25, -0.2) is 0 Å². The second-order valence-electron chi connectivity index (χ2n) is 2.95. The van der Waals surface area contributed by atoms with Crippen LogP contribution in [-0.4, -0.2) is 13.6 Å². The van der Waals surface area contributed by atoms with Crippen LogP contribution in [0.25, 0.3) is 0 Å². The van der Waals surface area contributed by atoms with Gasteiger partial charge in [0.2, 0.25) is 0 Å². The first-order valence-electron chi connectivity index (χ1n) is 5.13. The summed E-state index contributed by atoms with van der Waals surface area (Å²) in [5, 5.41) is 3.98. The van der Waals surface area contributed by atoms with Crippen LogP contribution in [-0.2, 0) is 6.42 Å². The predicted molar refractivity (Wildman–Crippen MR) is 65.2 cm³/mol. The van der Waals surface area contributed by atoms with Gasteiger partial charge in [0.25, 0.3) is 0 Å². The van der Waals surface area contributed by atoms with E-state index in [0.29, 0.717) is 0 Å². The number of halogens is 1. The largest absolute Gasteiger partial charge is 0.319 e. The van der Waals surface area contributed by atoms with Gasteiger partial charge < -0.3 is 5.32 Å². The van der Waals surface area contributed by atoms with Crippen LogP contribution in [0.1, 0.15) is 25.0 Å². The van der Waals surface area contributed by atoms with Gasteiger partial charge in [-0.15, -0.1) is 0 Å². The van der Waals surface area contributed by atoms with E-state index in [2.05, 4.69) is 17.4 Å². The van der Waals surface area contributed by atoms with Crippen molar-refractivity contribution in [1.82, 2.24) is 5.32 Å². The predicted octanol–water partition coefficient (Wildman–Crippen LogP) is 3.44. The lowest BCUT2D eigenvalue weighted by molar-refractivity contribution is 0.792. The summed E-state index contributed by atoms with van der Waals surface area (Å²) in [6.07, 6.45) is 0.996. The highest BCUT2D eigenvalue weighted by Gasteiger charge is 1.98. The molecule has 0 unspecified atom stereocenters. The Hall–Kier alpha value is -0.530. The smallest absolute Gasteiger partial charge is 0.0441 e. The van der Waals surface area contributed by atoms with Crippen molar-refractivity contribution in [3.8, 4) is 0 Å². The number of aryl methyl sites for hydroxylation is 1. The van der Waals surface area contributed by atoms with Crippen LogP contribution < -0.4 is 5.32 Å². The van der Waals surface area contributed by atoms with Gasteiger partial charge in [-0.3, -0.25) is 0 Å². The Morgan fingerprint density at radius 2 is 1.93 bits per heavy atom. The minimum atomic E-state index is 0.880. The normalized spacial score (nSPS) is 9.21. The third-order valence-electron chi connectivity index (χ3n) is 1.85. The number of rotatable bonds is 3. The average molecular weight is 214 g/mol. The van der Waals surface area contributed by atoms with Crippen molar-refractivity contribution in [2.75, 3.05) is 13.6 Å². The second kappa shape index (κ2) is 7.84. The third kappa shape index (κ3) is 4.64. The topological polar surface area (TPSA) is 12.0 Å². The van der Waals surface area contributed by atoms with E-state index >= 15 is 0 Å². The van der Waals surface area contributed by atoms with Crippen LogP contribution in [0, 0.1) is 6.92 Å². The highest BCUT2D eigenvalue weighted by atomic mass is 35.5. The molecule has 0 heterocycles. The van der Waals surface area contributed by atoms with Gasteiger partial charge in [0.05, 0.1) is 0 Å². The van der Waals surface area contributed by atoms with Gasteiger partial charge in [-0.2, -0.15) is 0 Å². The minimum Gasteiger partial charge on any atom is -0.319 e. The lowest BCUT2D eigenvalue weighted by Gasteiger charge is -2.04. The summed E-state index contributed by atoms with van der Waals surface area (Å²) in [6, 6.07) is 6.19. The molecule has 0 aliphatic rings. The van der Waals surface area contributed by atoms with Crippen molar-refractivity contribution in [1.29, 1.82) is 0 Å². The van der Waals surface area contributed by atoms with Crippen molar-refractivity contribution in [2.45, 2.75) is 27.2 Å². The molecule has 0 aliphatic heterocycles. The first-order valence-corrected chi connectivity index (χ1v) is 5.51. The lowest BCUT2D eigenvalue weighted by Crippen LogP contribution is -2.10. The Morgan fingerprint density at radius 1 is 1.29 bits per heavy atom. The Balaban J connectivity index is 0.000000791. The van der Waals surface area contributed by atoms with Crippen molar-refractivity contribution < 1.29 is 0 Å². The van der Waals surface area contributed by atoms with Gasteiger partial charge in [0.15, 0.2) is 0 Å². The van der Waals surface area contributed by atoms with Gasteiger partial charge in [0, 0.05) is 5.02 Å². The zero-order valence-corrected chi connectivity index (χ0v) is 10.3. The fourth-order valence-corrected chi connectivity index (χ4v) is 1.44. The molecule has 0 bridgehead atoms. The lowest BCUT2D eigenvalue weighted by atomic mass is 10.1. The van der Waals surface area contributed by atoms with E-state index in [-0.39, 0.29) is 0 Å². The van der Waals surface area contributed by atoms with Gasteiger partial charge in [0.1, 0.15) is 0 Å². The molecule has 0 amide bonds. The molecule has 1 rings (SSSR count). The molecule has 0 aliphatic carbocycles. The molecule has 80 valence electrons. The third-order valence-corrected chi connectivity index (χ3v) is 2.20. The van der Waals surface area contributed by atoms with E-state index in [4.69, 9.17) is 11.6 Å². The van der Waals surface area contributed by atoms with E-state index in [0.717, 1.165) is 18.0 Å². The quantitative estimate of drug-likeness (QED) is 0.811. The first-order chi connectivity index (χ1) is 6.74. The maximum Gasteiger partial charge on any atom is 0.0441 e.